The highest BCUT2D eigenvalue weighted by atomic mass is 16.5. The van der Waals surface area contributed by atoms with Gasteiger partial charge in [-0.1, -0.05) is 24.6 Å². The number of nitrogens with zero attached hydrogens (tertiary/aromatic N) is 1. The topological polar surface area (TPSA) is 104 Å². The highest BCUT2D eigenvalue weighted by molar-refractivity contribution is 5.97. The number of hydrogen-bond acceptors (Lipinski definition) is 4. The van der Waals surface area contributed by atoms with Crippen LogP contribution in [0.5, 0.6) is 11.5 Å². The molecular formula is C24H26N2O5. The van der Waals surface area contributed by atoms with Gasteiger partial charge in [0.25, 0.3) is 0 Å². The quantitative estimate of drug-likeness (QED) is 0.568. The fourth-order valence-corrected chi connectivity index (χ4v) is 4.56. The molecule has 1 amide bonds. The number of carboxylic acid groups (broad SMARTS) is 1. The second-order valence-electron chi connectivity index (χ2n) is 7.83. The number of carbonyl (C=O) groups excluding carboxylic acids is 1. The number of aliphatic carboxylic acids is 1. The average Bonchev–Trinajstić information content (AvgIpc) is 2.91. The molecule has 2 aromatic carbocycles. The number of methoxy groups -OCH3 is 1. The minimum atomic E-state index is -1.05. The number of carbonyl (C=O) groups is 2. The Morgan fingerprint density at radius 3 is 2.74 bits per heavy atom. The molecular weight excluding hydrogens is 396 g/mol. The van der Waals surface area contributed by atoms with Gasteiger partial charge < -0.3 is 24.9 Å². The molecule has 0 spiro atoms. The Morgan fingerprint density at radius 1 is 1.19 bits per heavy atom. The Kier molecular flexibility index (Phi) is 5.84. The first kappa shape index (κ1) is 20.8. The van der Waals surface area contributed by atoms with Crippen molar-refractivity contribution in [1.29, 1.82) is 0 Å². The maximum atomic E-state index is 12.4. The summed E-state index contributed by atoms with van der Waals surface area (Å²) in [7, 11) is 1.64. The van der Waals surface area contributed by atoms with E-state index in [9.17, 15) is 9.59 Å². The lowest BCUT2D eigenvalue weighted by Gasteiger charge is -2.14. The third-order valence-electron chi connectivity index (χ3n) is 5.88. The number of benzene rings is 2. The van der Waals surface area contributed by atoms with Crippen LogP contribution in [0.25, 0.3) is 10.9 Å². The van der Waals surface area contributed by atoms with E-state index in [-0.39, 0.29) is 5.91 Å². The van der Waals surface area contributed by atoms with Crippen molar-refractivity contribution in [2.75, 3.05) is 13.7 Å². The van der Waals surface area contributed by atoms with Crippen LogP contribution in [0.15, 0.2) is 42.5 Å². The third kappa shape index (κ3) is 4.08. The summed E-state index contributed by atoms with van der Waals surface area (Å²) >= 11 is 0. The van der Waals surface area contributed by atoms with Crippen molar-refractivity contribution < 1.29 is 24.2 Å². The number of ether oxygens (including phenoxy) is 2. The van der Waals surface area contributed by atoms with Crippen LogP contribution >= 0.6 is 0 Å². The van der Waals surface area contributed by atoms with Crippen molar-refractivity contribution in [3.8, 4) is 11.5 Å². The van der Waals surface area contributed by atoms with Gasteiger partial charge in [0, 0.05) is 17.6 Å². The zero-order valence-electron chi connectivity index (χ0n) is 17.5. The molecule has 0 radical (unpaired) electrons. The highest BCUT2D eigenvalue weighted by Gasteiger charge is 2.31. The van der Waals surface area contributed by atoms with E-state index in [1.807, 2.05) is 36.4 Å². The first-order chi connectivity index (χ1) is 15.0. The monoisotopic (exact) mass is 422 g/mol. The van der Waals surface area contributed by atoms with Crippen LogP contribution in [0.4, 0.5) is 0 Å². The summed E-state index contributed by atoms with van der Waals surface area (Å²) in [6.45, 7) is 0.146. The second kappa shape index (κ2) is 8.71. The number of fused-ring (bicyclic) bond motifs is 3. The van der Waals surface area contributed by atoms with Gasteiger partial charge in [0.1, 0.15) is 11.5 Å². The van der Waals surface area contributed by atoms with Crippen LogP contribution in [0, 0.1) is 0 Å². The molecule has 4 rings (SSSR count). The fourth-order valence-electron chi connectivity index (χ4n) is 4.56. The van der Waals surface area contributed by atoms with Crippen LogP contribution in [0.2, 0.25) is 0 Å². The molecule has 0 bridgehead atoms. The molecule has 0 fully saturated rings. The summed E-state index contributed by atoms with van der Waals surface area (Å²) in [5.41, 5.74) is 9.73. The molecule has 1 heterocycles. The van der Waals surface area contributed by atoms with Gasteiger partial charge in [-0.05, 0) is 54.7 Å². The van der Waals surface area contributed by atoms with E-state index in [0.29, 0.717) is 18.7 Å². The third-order valence-corrected chi connectivity index (χ3v) is 5.88. The van der Waals surface area contributed by atoms with Gasteiger partial charge in [-0.3, -0.25) is 4.79 Å². The van der Waals surface area contributed by atoms with Gasteiger partial charge in [0.2, 0.25) is 5.91 Å². The average molecular weight is 422 g/mol. The lowest BCUT2D eigenvalue weighted by Crippen LogP contribution is -2.21. The number of amides is 1. The Balaban J connectivity index is 1.93. The minimum Gasteiger partial charge on any atom is -0.497 e. The number of aromatic nitrogens is 1. The summed E-state index contributed by atoms with van der Waals surface area (Å²) in [5, 5.41) is 9.89. The first-order valence-corrected chi connectivity index (χ1v) is 10.4. The lowest BCUT2D eigenvalue weighted by molar-refractivity contribution is -0.139. The zero-order valence-corrected chi connectivity index (χ0v) is 17.5. The SMILES string of the molecule is COc1cccc(Cn2c3c(c4c(OCC(=O)O)cccc42)C(C(N)=O)CCCC3)c1. The van der Waals surface area contributed by atoms with Gasteiger partial charge in [-0.2, -0.15) is 0 Å². The Hall–Kier alpha value is -3.48. The zero-order chi connectivity index (χ0) is 22.0. The van der Waals surface area contributed by atoms with E-state index < -0.39 is 18.5 Å². The Morgan fingerprint density at radius 2 is 2.00 bits per heavy atom. The first-order valence-electron chi connectivity index (χ1n) is 10.4. The molecule has 31 heavy (non-hydrogen) atoms. The Bertz CT molecular complexity index is 1130. The molecule has 162 valence electrons. The predicted molar refractivity (Wildman–Crippen MR) is 117 cm³/mol. The summed E-state index contributed by atoms with van der Waals surface area (Å²) in [5.74, 6) is -0.600. The van der Waals surface area contributed by atoms with Crippen molar-refractivity contribution >= 4 is 22.8 Å². The molecule has 1 atom stereocenters. The van der Waals surface area contributed by atoms with E-state index in [0.717, 1.165) is 52.7 Å². The maximum Gasteiger partial charge on any atom is 0.341 e. The van der Waals surface area contributed by atoms with Gasteiger partial charge in [0.05, 0.1) is 18.5 Å². The molecule has 1 aromatic heterocycles. The molecule has 0 aliphatic heterocycles. The van der Waals surface area contributed by atoms with Crippen molar-refractivity contribution in [2.45, 2.75) is 38.1 Å². The maximum absolute atomic E-state index is 12.4. The number of rotatable bonds is 7. The molecule has 7 nitrogen and oxygen atoms in total. The minimum absolute atomic E-state index is 0.364. The summed E-state index contributed by atoms with van der Waals surface area (Å²) < 4.78 is 13.2. The highest BCUT2D eigenvalue weighted by Crippen LogP contribution is 2.42. The van der Waals surface area contributed by atoms with E-state index >= 15 is 0 Å². The van der Waals surface area contributed by atoms with Crippen LogP contribution < -0.4 is 15.2 Å². The lowest BCUT2D eigenvalue weighted by atomic mass is 9.92. The molecule has 1 unspecified atom stereocenters. The van der Waals surface area contributed by atoms with Crippen molar-refractivity contribution in [1.82, 2.24) is 4.57 Å². The van der Waals surface area contributed by atoms with Crippen LogP contribution in [-0.4, -0.2) is 35.3 Å². The number of carboxylic acids is 1. The van der Waals surface area contributed by atoms with Gasteiger partial charge >= 0.3 is 5.97 Å². The van der Waals surface area contributed by atoms with Crippen LogP contribution in [0.3, 0.4) is 0 Å². The molecule has 0 saturated heterocycles. The van der Waals surface area contributed by atoms with Crippen LogP contribution in [0.1, 0.15) is 42.0 Å². The van der Waals surface area contributed by atoms with E-state index in [2.05, 4.69) is 4.57 Å². The van der Waals surface area contributed by atoms with Gasteiger partial charge in [0.15, 0.2) is 6.61 Å². The fraction of sp³-hybridized carbons (Fsp3) is 0.333. The number of nitrogens with two attached hydrogens (primary N) is 1. The molecule has 1 aliphatic rings. The van der Waals surface area contributed by atoms with Crippen molar-refractivity contribution in [3.05, 3.63) is 59.3 Å². The van der Waals surface area contributed by atoms with E-state index in [1.54, 1.807) is 13.2 Å². The Labute approximate surface area is 180 Å². The van der Waals surface area contributed by atoms with Gasteiger partial charge in [-0.25, -0.2) is 4.79 Å². The molecule has 0 saturated carbocycles. The van der Waals surface area contributed by atoms with Gasteiger partial charge in [-0.15, -0.1) is 0 Å². The second-order valence-corrected chi connectivity index (χ2v) is 7.83. The summed E-state index contributed by atoms with van der Waals surface area (Å²) in [4.78, 5) is 23.5. The number of hydrogen-bond donors (Lipinski definition) is 2. The normalized spacial score (nSPS) is 15.8. The van der Waals surface area contributed by atoms with E-state index in [1.165, 1.54) is 0 Å². The smallest absolute Gasteiger partial charge is 0.341 e. The van der Waals surface area contributed by atoms with Crippen LogP contribution in [-0.2, 0) is 22.6 Å². The predicted octanol–water partition coefficient (Wildman–Crippen LogP) is 3.46. The summed E-state index contributed by atoms with van der Waals surface area (Å²) in [6, 6.07) is 13.5. The molecule has 7 heteroatoms. The largest absolute Gasteiger partial charge is 0.497 e. The summed E-state index contributed by atoms with van der Waals surface area (Å²) in [6.07, 6.45) is 3.35. The molecule has 3 aromatic rings. The number of primary amides is 1. The van der Waals surface area contributed by atoms with Crippen molar-refractivity contribution in [2.24, 2.45) is 5.73 Å². The van der Waals surface area contributed by atoms with Crippen molar-refractivity contribution in [3.63, 3.8) is 0 Å². The molecule has 1 aliphatic carbocycles. The molecule has 3 N–H and O–H groups in total. The standard InChI is InChI=1S/C24H26N2O5/c1-30-16-7-4-6-15(12-16)13-26-18-9-3-2-8-17(24(25)29)22(18)23-19(26)10-5-11-20(23)31-14-21(27)28/h4-7,10-12,17H,2-3,8-9,13-14H2,1H3,(H2,25,29)(H,27,28). The van der Waals surface area contributed by atoms with E-state index in [4.69, 9.17) is 20.3 Å².